The maximum absolute atomic E-state index is 14.1. The van der Waals surface area contributed by atoms with Crippen molar-refractivity contribution in [3.05, 3.63) is 44.5 Å². The molecular weight excluding hydrogens is 401 g/mol. The van der Waals surface area contributed by atoms with E-state index in [9.17, 15) is 19.1 Å². The Balaban J connectivity index is 2.15. The number of aromatic nitrogens is 1. The molecule has 152 valence electrons. The van der Waals surface area contributed by atoms with Crippen LogP contribution in [0.25, 0.3) is 10.9 Å². The Morgan fingerprint density at radius 3 is 2.54 bits per heavy atom. The molecule has 3 rings (SSSR count). The average molecular weight is 426 g/mol. The van der Waals surface area contributed by atoms with Crippen molar-refractivity contribution in [3.63, 3.8) is 0 Å². The Bertz CT molecular complexity index is 1010. The van der Waals surface area contributed by atoms with Crippen LogP contribution in [0, 0.1) is 12.7 Å². The topological polar surface area (TPSA) is 68.5 Å². The first-order valence-corrected chi connectivity index (χ1v) is 13.4. The van der Waals surface area contributed by atoms with Gasteiger partial charge in [-0.3, -0.25) is 14.2 Å². The smallest absolute Gasteiger partial charge is 0.314 e. The fraction of sp³-hybridized carbons (Fsp3) is 0.500. The van der Waals surface area contributed by atoms with Crippen molar-refractivity contribution in [2.24, 2.45) is 0 Å². The Hall–Kier alpha value is -1.70. The molecule has 1 saturated carbocycles. The highest BCUT2D eigenvalue weighted by molar-refractivity contribution is 6.76. The molecule has 8 heteroatoms. The van der Waals surface area contributed by atoms with Crippen molar-refractivity contribution in [1.82, 2.24) is 4.57 Å². The molecule has 0 aliphatic heterocycles. The van der Waals surface area contributed by atoms with Gasteiger partial charge in [0.25, 0.3) is 5.56 Å². The zero-order valence-corrected chi connectivity index (χ0v) is 18.3. The van der Waals surface area contributed by atoms with Gasteiger partial charge < -0.3 is 9.84 Å². The van der Waals surface area contributed by atoms with Gasteiger partial charge in [0.2, 0.25) is 0 Å². The number of carbonyl (C=O) groups is 1. The molecular formula is C20H25ClFNO4Si. The molecule has 0 radical (unpaired) electrons. The highest BCUT2D eigenvalue weighted by atomic mass is 35.5. The van der Waals surface area contributed by atoms with Crippen LogP contribution in [0.2, 0.25) is 30.7 Å². The summed E-state index contributed by atoms with van der Waals surface area (Å²) in [4.78, 5) is 25.2. The Labute approximate surface area is 169 Å². The largest absolute Gasteiger partial charge is 0.481 e. The monoisotopic (exact) mass is 425 g/mol. The standard InChI is InChI=1S/C20H25ClFNO4Si/c1-12-15-14(6-5-13(22)17(15)21)23(11-27-9-10-28(2,3)4)18(24)16(12)20(7-8-20)19(25)26/h5-6H,7-11H2,1-4H3,(H,25,26). The predicted octanol–water partition coefficient (Wildman–Crippen LogP) is 4.53. The first kappa shape index (κ1) is 21.0. The minimum Gasteiger partial charge on any atom is -0.481 e. The highest BCUT2D eigenvalue weighted by Gasteiger charge is 2.54. The SMILES string of the molecule is Cc1c(C2(C(=O)O)CC2)c(=O)n(COCC[Si](C)(C)C)c2ccc(F)c(Cl)c12. The minimum atomic E-state index is -1.29. The summed E-state index contributed by atoms with van der Waals surface area (Å²) in [6.45, 7) is 8.82. The zero-order valence-electron chi connectivity index (χ0n) is 16.6. The molecule has 0 atom stereocenters. The van der Waals surface area contributed by atoms with Gasteiger partial charge in [-0.05, 0) is 43.5 Å². The summed E-state index contributed by atoms with van der Waals surface area (Å²) in [5.41, 5.74) is -0.547. The predicted molar refractivity (Wildman–Crippen MR) is 111 cm³/mol. The van der Waals surface area contributed by atoms with Crippen molar-refractivity contribution < 1.29 is 19.0 Å². The summed E-state index contributed by atoms with van der Waals surface area (Å²) < 4.78 is 21.3. The van der Waals surface area contributed by atoms with Crippen LogP contribution < -0.4 is 5.56 Å². The first-order valence-electron chi connectivity index (χ1n) is 9.32. The van der Waals surface area contributed by atoms with Crippen molar-refractivity contribution in [3.8, 4) is 0 Å². The van der Waals surface area contributed by atoms with E-state index in [2.05, 4.69) is 19.6 Å². The second kappa shape index (κ2) is 7.28. The maximum atomic E-state index is 14.1. The van der Waals surface area contributed by atoms with Crippen LogP contribution in [0.15, 0.2) is 16.9 Å². The number of hydrogen-bond donors (Lipinski definition) is 1. The molecule has 1 N–H and O–H groups in total. The fourth-order valence-electron chi connectivity index (χ4n) is 3.57. The van der Waals surface area contributed by atoms with E-state index in [1.165, 1.54) is 16.7 Å². The molecule has 0 amide bonds. The maximum Gasteiger partial charge on any atom is 0.314 e. The van der Waals surface area contributed by atoms with Crippen LogP contribution in [0.5, 0.6) is 0 Å². The van der Waals surface area contributed by atoms with Crippen LogP contribution in [0.4, 0.5) is 4.39 Å². The first-order chi connectivity index (χ1) is 13.0. The molecule has 1 aliphatic carbocycles. The van der Waals surface area contributed by atoms with Gasteiger partial charge >= 0.3 is 5.97 Å². The Morgan fingerprint density at radius 2 is 2.00 bits per heavy atom. The zero-order chi connectivity index (χ0) is 20.9. The van der Waals surface area contributed by atoms with E-state index in [0.29, 0.717) is 35.9 Å². The van der Waals surface area contributed by atoms with Crippen molar-refractivity contribution >= 4 is 36.5 Å². The number of carboxylic acid groups (broad SMARTS) is 1. The summed E-state index contributed by atoms with van der Waals surface area (Å²) in [5, 5.41) is 9.98. The number of fused-ring (bicyclic) bond motifs is 1. The van der Waals surface area contributed by atoms with Crippen LogP contribution in [-0.4, -0.2) is 30.3 Å². The second-order valence-electron chi connectivity index (χ2n) is 8.72. The molecule has 0 saturated heterocycles. The number of benzene rings is 1. The van der Waals surface area contributed by atoms with Crippen LogP contribution >= 0.6 is 11.6 Å². The van der Waals surface area contributed by atoms with E-state index >= 15 is 0 Å². The van der Waals surface area contributed by atoms with E-state index < -0.39 is 30.8 Å². The summed E-state index contributed by atoms with van der Waals surface area (Å²) in [6.07, 6.45) is 0.765. The van der Waals surface area contributed by atoms with Crippen LogP contribution in [0.3, 0.4) is 0 Å². The average Bonchev–Trinajstić information content (AvgIpc) is 3.37. The molecule has 1 fully saturated rings. The number of halogens is 2. The summed E-state index contributed by atoms with van der Waals surface area (Å²) in [6, 6.07) is 3.65. The van der Waals surface area contributed by atoms with Gasteiger partial charge in [0.15, 0.2) is 0 Å². The number of aliphatic carboxylic acids is 1. The van der Waals surface area contributed by atoms with E-state index in [-0.39, 0.29) is 17.3 Å². The molecule has 1 heterocycles. The lowest BCUT2D eigenvalue weighted by atomic mass is 9.90. The van der Waals surface area contributed by atoms with E-state index in [1.807, 2.05) is 0 Å². The van der Waals surface area contributed by atoms with Gasteiger partial charge in [0.05, 0.1) is 16.0 Å². The number of aryl methyl sites for hydroxylation is 1. The van der Waals surface area contributed by atoms with Gasteiger partial charge in [-0.25, -0.2) is 4.39 Å². The number of pyridine rings is 1. The number of rotatable bonds is 7. The molecule has 1 aromatic heterocycles. The van der Waals surface area contributed by atoms with Crippen molar-refractivity contribution in [1.29, 1.82) is 0 Å². The minimum absolute atomic E-state index is 0.0231. The van der Waals surface area contributed by atoms with Gasteiger partial charge in [0.1, 0.15) is 12.5 Å². The van der Waals surface area contributed by atoms with Crippen molar-refractivity contribution in [2.75, 3.05) is 6.61 Å². The van der Waals surface area contributed by atoms with Gasteiger partial charge in [-0.1, -0.05) is 31.2 Å². The van der Waals surface area contributed by atoms with Gasteiger partial charge in [0, 0.05) is 25.6 Å². The van der Waals surface area contributed by atoms with E-state index in [1.54, 1.807) is 6.92 Å². The van der Waals surface area contributed by atoms with Crippen LogP contribution in [-0.2, 0) is 21.7 Å². The summed E-state index contributed by atoms with van der Waals surface area (Å²) >= 11 is 6.23. The number of hydrogen-bond acceptors (Lipinski definition) is 3. The quantitative estimate of drug-likeness (QED) is 0.522. The molecule has 5 nitrogen and oxygen atoms in total. The third-order valence-corrected chi connectivity index (χ3v) is 7.50. The molecule has 28 heavy (non-hydrogen) atoms. The molecule has 2 aromatic rings. The fourth-order valence-corrected chi connectivity index (χ4v) is 4.63. The Morgan fingerprint density at radius 1 is 1.36 bits per heavy atom. The molecule has 1 aromatic carbocycles. The molecule has 0 spiro atoms. The van der Waals surface area contributed by atoms with Gasteiger partial charge in [-0.15, -0.1) is 0 Å². The normalized spacial score (nSPS) is 15.8. The Kier molecular flexibility index (Phi) is 5.46. The molecule has 0 unspecified atom stereocenters. The molecule has 1 aliphatic rings. The summed E-state index contributed by atoms with van der Waals surface area (Å²) in [7, 11) is -1.29. The third kappa shape index (κ3) is 3.63. The van der Waals surface area contributed by atoms with E-state index in [0.717, 1.165) is 6.04 Å². The number of carboxylic acids is 1. The lowest BCUT2D eigenvalue weighted by Gasteiger charge is -2.21. The second-order valence-corrected chi connectivity index (χ2v) is 14.7. The summed E-state index contributed by atoms with van der Waals surface area (Å²) in [5.74, 6) is -1.64. The van der Waals surface area contributed by atoms with Crippen LogP contribution in [0.1, 0.15) is 24.0 Å². The molecule has 0 bridgehead atoms. The van der Waals surface area contributed by atoms with Gasteiger partial charge in [-0.2, -0.15) is 0 Å². The number of ether oxygens (including phenoxy) is 1. The highest BCUT2D eigenvalue weighted by Crippen LogP contribution is 2.49. The van der Waals surface area contributed by atoms with E-state index in [4.69, 9.17) is 16.3 Å². The number of nitrogens with zero attached hydrogens (tertiary/aromatic N) is 1. The lowest BCUT2D eigenvalue weighted by molar-refractivity contribution is -0.140. The van der Waals surface area contributed by atoms with Crippen molar-refractivity contribution in [2.45, 2.75) is 57.6 Å². The third-order valence-electron chi connectivity index (χ3n) is 5.43. The lowest BCUT2D eigenvalue weighted by Crippen LogP contribution is -2.35.